The van der Waals surface area contributed by atoms with Crippen LogP contribution in [0.15, 0.2) is 18.5 Å². The number of aryl methyl sites for hydroxylation is 1. The number of primary amides is 1. The predicted molar refractivity (Wildman–Crippen MR) is 71.9 cm³/mol. The molecule has 98 valence electrons. The highest BCUT2D eigenvalue weighted by atomic mass is 16.1. The largest absolute Gasteiger partial charge is 0.366 e. The summed E-state index contributed by atoms with van der Waals surface area (Å²) < 4.78 is 1.99. The van der Waals surface area contributed by atoms with Gasteiger partial charge in [-0.3, -0.25) is 4.79 Å². The van der Waals surface area contributed by atoms with Gasteiger partial charge in [0.1, 0.15) is 0 Å². The molecule has 1 aromatic carbocycles. The van der Waals surface area contributed by atoms with Crippen LogP contribution in [0.2, 0.25) is 0 Å². The third-order valence-corrected chi connectivity index (χ3v) is 4.73. The van der Waals surface area contributed by atoms with Gasteiger partial charge in [-0.15, -0.1) is 0 Å². The summed E-state index contributed by atoms with van der Waals surface area (Å²) in [5.74, 6) is 0.297. The van der Waals surface area contributed by atoms with Crippen molar-refractivity contribution < 1.29 is 4.79 Å². The van der Waals surface area contributed by atoms with E-state index in [1.807, 2.05) is 17.7 Å². The van der Waals surface area contributed by atoms with Crippen molar-refractivity contribution in [3.63, 3.8) is 0 Å². The Kier molecular flexibility index (Phi) is 1.94. The molecule has 2 unspecified atom stereocenters. The van der Waals surface area contributed by atoms with E-state index in [9.17, 15) is 4.79 Å². The molecule has 5 nitrogen and oxygen atoms in total. The van der Waals surface area contributed by atoms with Gasteiger partial charge in [-0.2, -0.15) is 0 Å². The quantitative estimate of drug-likeness (QED) is 0.823. The van der Waals surface area contributed by atoms with Crippen LogP contribution < -0.4 is 11.1 Å². The summed E-state index contributed by atoms with van der Waals surface area (Å²) in [6.45, 7) is 1.99. The molecular formula is C14H16N4O. The minimum atomic E-state index is -0.352. The molecule has 1 aromatic heterocycles. The highest BCUT2D eigenvalue weighted by Crippen LogP contribution is 2.57. The van der Waals surface area contributed by atoms with Gasteiger partial charge in [-0.25, -0.2) is 4.98 Å². The molecule has 0 spiro atoms. The smallest absolute Gasteiger partial charge is 0.249 e. The van der Waals surface area contributed by atoms with E-state index in [0.29, 0.717) is 11.5 Å². The fourth-order valence-corrected chi connectivity index (χ4v) is 3.55. The lowest BCUT2D eigenvalue weighted by Gasteiger charge is -2.16. The van der Waals surface area contributed by atoms with Gasteiger partial charge in [0.15, 0.2) is 0 Å². The van der Waals surface area contributed by atoms with Gasteiger partial charge in [-0.05, 0) is 36.6 Å². The van der Waals surface area contributed by atoms with E-state index in [4.69, 9.17) is 5.73 Å². The summed E-state index contributed by atoms with van der Waals surface area (Å²) in [5, 5.41) is 3.41. The van der Waals surface area contributed by atoms with Gasteiger partial charge in [0, 0.05) is 24.6 Å². The van der Waals surface area contributed by atoms with Crippen molar-refractivity contribution in [2.24, 2.45) is 18.7 Å². The molecule has 2 fully saturated rings. The number of carbonyl (C=O) groups is 1. The molecule has 3 N–H and O–H groups in total. The monoisotopic (exact) mass is 256 g/mol. The number of hydrogen-bond acceptors (Lipinski definition) is 3. The second-order valence-corrected chi connectivity index (χ2v) is 5.79. The fraction of sp³-hybridized carbons (Fsp3) is 0.429. The zero-order valence-electron chi connectivity index (χ0n) is 10.8. The topological polar surface area (TPSA) is 72.9 Å². The maximum absolute atomic E-state index is 11.8. The number of nitrogens with two attached hydrogens (primary N) is 1. The first-order valence-electron chi connectivity index (χ1n) is 6.58. The Morgan fingerprint density at radius 2 is 2.42 bits per heavy atom. The van der Waals surface area contributed by atoms with Crippen molar-refractivity contribution >= 4 is 16.9 Å². The minimum absolute atomic E-state index is 0.128. The van der Waals surface area contributed by atoms with Gasteiger partial charge < -0.3 is 15.6 Å². The van der Waals surface area contributed by atoms with Crippen LogP contribution in [0.25, 0.3) is 11.0 Å². The molecule has 1 amide bonds. The van der Waals surface area contributed by atoms with Crippen LogP contribution in [0, 0.1) is 5.92 Å². The van der Waals surface area contributed by atoms with Crippen molar-refractivity contribution in [3.8, 4) is 0 Å². The molecule has 1 aliphatic carbocycles. The number of nitrogens with zero attached hydrogens (tertiary/aromatic N) is 2. The van der Waals surface area contributed by atoms with Crippen molar-refractivity contribution in [1.82, 2.24) is 14.9 Å². The predicted octanol–water partition coefficient (Wildman–Crippen LogP) is 0.533. The average molecular weight is 256 g/mol. The molecule has 5 heteroatoms. The summed E-state index contributed by atoms with van der Waals surface area (Å²) in [5.41, 5.74) is 9.33. The number of amides is 1. The number of benzene rings is 1. The van der Waals surface area contributed by atoms with E-state index >= 15 is 0 Å². The third-order valence-electron chi connectivity index (χ3n) is 4.73. The zero-order valence-corrected chi connectivity index (χ0v) is 10.8. The van der Waals surface area contributed by atoms with Crippen LogP contribution in [-0.4, -0.2) is 28.5 Å². The molecule has 1 saturated carbocycles. The lowest BCUT2D eigenvalue weighted by molar-refractivity contribution is 0.0999. The normalized spacial score (nSPS) is 28.6. The van der Waals surface area contributed by atoms with Gasteiger partial charge >= 0.3 is 0 Å². The molecule has 0 bridgehead atoms. The molecule has 2 aromatic rings. The second kappa shape index (κ2) is 3.36. The van der Waals surface area contributed by atoms with E-state index in [1.165, 1.54) is 0 Å². The number of nitrogens with one attached hydrogen (secondary N) is 1. The first-order chi connectivity index (χ1) is 9.12. The zero-order chi connectivity index (χ0) is 13.2. The van der Waals surface area contributed by atoms with Crippen LogP contribution in [-0.2, 0) is 12.5 Å². The van der Waals surface area contributed by atoms with Crippen molar-refractivity contribution in [2.45, 2.75) is 11.8 Å². The number of aromatic nitrogens is 2. The molecular weight excluding hydrogens is 240 g/mol. The highest BCUT2D eigenvalue weighted by molar-refractivity contribution is 5.98. The Morgan fingerprint density at radius 1 is 1.58 bits per heavy atom. The summed E-state index contributed by atoms with van der Waals surface area (Å²) in [6, 6.07) is 3.95. The van der Waals surface area contributed by atoms with Crippen LogP contribution in [0.4, 0.5) is 0 Å². The van der Waals surface area contributed by atoms with Crippen LogP contribution >= 0.6 is 0 Å². The van der Waals surface area contributed by atoms with Gasteiger partial charge in [0.25, 0.3) is 0 Å². The first-order valence-corrected chi connectivity index (χ1v) is 6.58. The minimum Gasteiger partial charge on any atom is -0.366 e. The van der Waals surface area contributed by atoms with E-state index in [1.54, 1.807) is 6.33 Å². The molecule has 19 heavy (non-hydrogen) atoms. The van der Waals surface area contributed by atoms with Crippen molar-refractivity contribution in [2.75, 3.05) is 13.1 Å². The lowest BCUT2D eigenvalue weighted by atomic mass is 9.89. The van der Waals surface area contributed by atoms with Crippen LogP contribution in [0.3, 0.4) is 0 Å². The number of fused-ring (bicyclic) bond motifs is 2. The number of hydrogen-bond donors (Lipinski definition) is 2. The van der Waals surface area contributed by atoms with Gasteiger partial charge in [0.05, 0.1) is 17.4 Å². The maximum Gasteiger partial charge on any atom is 0.249 e. The molecule has 1 aliphatic heterocycles. The van der Waals surface area contributed by atoms with E-state index in [2.05, 4.69) is 16.4 Å². The summed E-state index contributed by atoms with van der Waals surface area (Å²) >= 11 is 0. The summed E-state index contributed by atoms with van der Waals surface area (Å²) in [6.07, 6.45) is 2.93. The molecule has 0 radical (unpaired) electrons. The number of imidazole rings is 1. The average Bonchev–Trinajstić information content (AvgIpc) is 2.77. The van der Waals surface area contributed by atoms with Gasteiger partial charge in [0.2, 0.25) is 5.91 Å². The second-order valence-electron chi connectivity index (χ2n) is 5.79. The van der Waals surface area contributed by atoms with Crippen LogP contribution in [0.5, 0.6) is 0 Å². The van der Waals surface area contributed by atoms with E-state index in [-0.39, 0.29) is 11.3 Å². The molecule has 2 heterocycles. The fourth-order valence-electron chi connectivity index (χ4n) is 3.55. The SMILES string of the molecule is Cn1cnc2cc(C(N)=O)c(C34CNCC3C4)cc21. The highest BCUT2D eigenvalue weighted by Gasteiger charge is 2.59. The maximum atomic E-state index is 11.8. The molecule has 2 aliphatic rings. The Morgan fingerprint density at radius 3 is 3.05 bits per heavy atom. The number of rotatable bonds is 2. The number of piperidine rings is 1. The summed E-state index contributed by atoms with van der Waals surface area (Å²) in [7, 11) is 1.97. The molecule has 4 rings (SSSR count). The van der Waals surface area contributed by atoms with Crippen molar-refractivity contribution in [1.29, 1.82) is 0 Å². The molecule has 2 atom stereocenters. The van der Waals surface area contributed by atoms with Crippen LogP contribution in [0.1, 0.15) is 22.3 Å². The van der Waals surface area contributed by atoms with Gasteiger partial charge in [-0.1, -0.05) is 0 Å². The third kappa shape index (κ3) is 1.33. The number of carbonyl (C=O) groups excluding carboxylic acids is 1. The Labute approximate surface area is 110 Å². The van der Waals surface area contributed by atoms with E-state index < -0.39 is 0 Å². The Hall–Kier alpha value is -1.88. The molecule has 1 saturated heterocycles. The standard InChI is InChI=1S/C14H16N4O/c1-18-7-17-11-2-9(13(15)19)10(3-12(11)18)14-4-8(14)5-16-6-14/h2-3,7-8,16H,4-6H2,1H3,(H2,15,19). The lowest BCUT2D eigenvalue weighted by Crippen LogP contribution is -2.24. The summed E-state index contributed by atoms with van der Waals surface area (Å²) in [4.78, 5) is 16.1. The van der Waals surface area contributed by atoms with Crippen molar-refractivity contribution in [3.05, 3.63) is 29.6 Å². The Balaban J connectivity index is 1.99. The Bertz CT molecular complexity index is 705. The first kappa shape index (κ1) is 11.0. The van der Waals surface area contributed by atoms with E-state index in [0.717, 1.165) is 36.1 Å².